The van der Waals surface area contributed by atoms with Gasteiger partial charge in [-0.25, -0.2) is 9.19 Å². The Balaban J connectivity index is 1.91. The van der Waals surface area contributed by atoms with Crippen LogP contribution >= 0.6 is 0 Å². The zero-order chi connectivity index (χ0) is 20.4. The largest absolute Gasteiger partial charge is 0.456 e. The average molecular weight is 409 g/mol. The minimum absolute atomic E-state index is 0.00404. The molecule has 2 unspecified atom stereocenters. The number of carbonyl (C=O) groups is 1. The van der Waals surface area contributed by atoms with Gasteiger partial charge < -0.3 is 14.1 Å². The molecule has 0 amide bonds. The molecule has 0 aliphatic carbocycles. The zero-order valence-corrected chi connectivity index (χ0v) is 15.9. The Bertz CT molecular complexity index is 1130. The number of fused-ring (bicyclic) bond motifs is 1. The van der Waals surface area contributed by atoms with Crippen LogP contribution in [0.15, 0.2) is 66.9 Å². The number of benzene rings is 2. The van der Waals surface area contributed by atoms with Gasteiger partial charge in [0.2, 0.25) is 5.95 Å². The molecule has 7 heteroatoms. The molecule has 2 atom stereocenters. The van der Waals surface area contributed by atoms with Gasteiger partial charge in [-0.3, -0.25) is 0 Å². The van der Waals surface area contributed by atoms with Crippen LogP contribution in [0.3, 0.4) is 0 Å². The lowest BCUT2D eigenvalue weighted by Crippen LogP contribution is -2.16. The van der Waals surface area contributed by atoms with Crippen molar-refractivity contribution >= 4 is 28.7 Å². The molecule has 0 spiro atoms. The summed E-state index contributed by atoms with van der Waals surface area (Å²) in [6, 6.07) is 17.1. The lowest BCUT2D eigenvalue weighted by atomic mass is 9.83. The van der Waals surface area contributed by atoms with Crippen molar-refractivity contribution in [3.63, 3.8) is 0 Å². The minimum atomic E-state index is -1.95. The molecule has 1 aromatic heterocycles. The number of pyridine rings is 1. The molecule has 0 radical (unpaired) electrons. The number of hydrogen-bond acceptors (Lipinski definition) is 4. The molecule has 146 valence electrons. The molecular weight excluding hydrogens is 393 g/mol. The van der Waals surface area contributed by atoms with Crippen molar-refractivity contribution in [2.75, 3.05) is 0 Å². The topological polar surface area (TPSA) is 76.5 Å². The van der Waals surface area contributed by atoms with E-state index in [1.165, 1.54) is 6.20 Å². The van der Waals surface area contributed by atoms with Crippen molar-refractivity contribution in [1.82, 2.24) is 4.98 Å². The van der Waals surface area contributed by atoms with Gasteiger partial charge in [0.15, 0.2) is 11.1 Å². The third-order valence-electron chi connectivity index (χ3n) is 4.71. The predicted molar refractivity (Wildman–Crippen MR) is 108 cm³/mol. The predicted octanol–water partition coefficient (Wildman–Crippen LogP) is 4.19. The van der Waals surface area contributed by atoms with E-state index in [4.69, 9.17) is 9.29 Å². The summed E-state index contributed by atoms with van der Waals surface area (Å²) in [6.45, 7) is 0. The number of halogens is 1. The summed E-state index contributed by atoms with van der Waals surface area (Å²) in [4.78, 5) is 15.8. The van der Waals surface area contributed by atoms with Gasteiger partial charge >= 0.3 is 0 Å². The van der Waals surface area contributed by atoms with Crippen LogP contribution in [0.1, 0.15) is 28.2 Å². The van der Waals surface area contributed by atoms with Crippen LogP contribution in [0.5, 0.6) is 5.75 Å². The second-order valence-electron chi connectivity index (χ2n) is 6.50. The molecule has 5 nitrogen and oxygen atoms in total. The SMILES string of the molecule is O=CC1C(c2cccnc2F)=C(c2ccc(CS(=O)O)cc2)Oc2ccccc21. The summed E-state index contributed by atoms with van der Waals surface area (Å²) in [5, 5.41) is 0. The fraction of sp³-hybridized carbons (Fsp3) is 0.0909. The molecule has 4 rings (SSSR count). The van der Waals surface area contributed by atoms with Crippen LogP contribution in [-0.4, -0.2) is 20.0 Å². The third-order valence-corrected chi connectivity index (χ3v) is 5.29. The van der Waals surface area contributed by atoms with Crippen molar-refractivity contribution in [2.45, 2.75) is 11.7 Å². The van der Waals surface area contributed by atoms with Gasteiger partial charge in [0, 0.05) is 28.5 Å². The first-order valence-corrected chi connectivity index (χ1v) is 10.1. The molecular formula is C22H16FNO4S. The molecule has 1 aliphatic rings. The van der Waals surface area contributed by atoms with E-state index in [9.17, 15) is 13.4 Å². The number of aromatic nitrogens is 1. The Kier molecular flexibility index (Phi) is 5.33. The van der Waals surface area contributed by atoms with Crippen molar-refractivity contribution in [3.8, 4) is 5.75 Å². The van der Waals surface area contributed by atoms with Crippen LogP contribution in [0.2, 0.25) is 0 Å². The van der Waals surface area contributed by atoms with E-state index >= 15 is 0 Å². The van der Waals surface area contributed by atoms with E-state index in [0.29, 0.717) is 33.8 Å². The summed E-state index contributed by atoms with van der Waals surface area (Å²) >= 11 is -1.95. The first-order valence-electron chi connectivity index (χ1n) is 8.82. The number of aldehydes is 1. The van der Waals surface area contributed by atoms with Crippen LogP contribution in [0, 0.1) is 5.95 Å². The number of hydrogen-bond donors (Lipinski definition) is 1. The van der Waals surface area contributed by atoms with Gasteiger partial charge in [-0.1, -0.05) is 42.5 Å². The molecule has 0 saturated carbocycles. The van der Waals surface area contributed by atoms with Crippen LogP contribution in [-0.2, 0) is 21.6 Å². The number of rotatable bonds is 5. The Morgan fingerprint density at radius 2 is 1.86 bits per heavy atom. The minimum Gasteiger partial charge on any atom is -0.456 e. The number of para-hydroxylation sites is 1. The number of allylic oxidation sites excluding steroid dienone is 1. The summed E-state index contributed by atoms with van der Waals surface area (Å²) in [5.74, 6) is -0.540. The highest BCUT2D eigenvalue weighted by atomic mass is 32.2. The Hall–Kier alpha value is -3.16. The average Bonchev–Trinajstić information content (AvgIpc) is 2.73. The molecule has 3 aromatic rings. The lowest BCUT2D eigenvalue weighted by molar-refractivity contribution is -0.108. The second kappa shape index (κ2) is 8.06. The molecule has 0 bridgehead atoms. The summed E-state index contributed by atoms with van der Waals surface area (Å²) < 4.78 is 40.8. The maximum absolute atomic E-state index is 14.6. The Morgan fingerprint density at radius 3 is 2.55 bits per heavy atom. The molecule has 29 heavy (non-hydrogen) atoms. The first kappa shape index (κ1) is 19.2. The number of ether oxygens (including phenoxy) is 1. The van der Waals surface area contributed by atoms with Crippen molar-refractivity contribution < 1.29 is 22.7 Å². The lowest BCUT2D eigenvalue weighted by Gasteiger charge is -2.28. The standard InChI is InChI=1S/C22H16FNO4S/c23-22-17(5-3-11-24-22)20-18(12-25)16-4-1-2-6-19(16)28-21(20)15-9-7-14(8-10-15)13-29(26)27/h1-12,18H,13H2,(H,26,27). The summed E-state index contributed by atoms with van der Waals surface area (Å²) in [5.41, 5.74) is 2.53. The first-order chi connectivity index (χ1) is 14.1. The van der Waals surface area contributed by atoms with Gasteiger partial charge in [0.25, 0.3) is 0 Å². The highest BCUT2D eigenvalue weighted by molar-refractivity contribution is 7.78. The van der Waals surface area contributed by atoms with Gasteiger partial charge in [-0.05, 0) is 23.8 Å². The maximum atomic E-state index is 14.6. The Morgan fingerprint density at radius 1 is 1.10 bits per heavy atom. The monoisotopic (exact) mass is 409 g/mol. The fourth-order valence-electron chi connectivity index (χ4n) is 3.42. The quantitative estimate of drug-likeness (QED) is 0.389. The van der Waals surface area contributed by atoms with Gasteiger partial charge in [0.1, 0.15) is 17.8 Å². The van der Waals surface area contributed by atoms with Crippen LogP contribution in [0.4, 0.5) is 4.39 Å². The Labute approximate surface area is 169 Å². The zero-order valence-electron chi connectivity index (χ0n) is 15.1. The highest BCUT2D eigenvalue weighted by Gasteiger charge is 2.32. The van der Waals surface area contributed by atoms with E-state index in [-0.39, 0.29) is 11.3 Å². The summed E-state index contributed by atoms with van der Waals surface area (Å²) in [6.07, 6.45) is 2.11. The van der Waals surface area contributed by atoms with E-state index < -0.39 is 22.9 Å². The molecule has 2 heterocycles. The van der Waals surface area contributed by atoms with Crippen LogP contribution in [0.25, 0.3) is 11.3 Å². The molecule has 0 fully saturated rings. The van der Waals surface area contributed by atoms with Crippen molar-refractivity contribution in [1.29, 1.82) is 0 Å². The fourth-order valence-corrected chi connectivity index (χ4v) is 3.90. The van der Waals surface area contributed by atoms with Crippen LogP contribution < -0.4 is 4.74 Å². The highest BCUT2D eigenvalue weighted by Crippen LogP contribution is 2.46. The number of nitrogens with zero attached hydrogens (tertiary/aromatic N) is 1. The van der Waals surface area contributed by atoms with Crippen molar-refractivity contribution in [3.05, 3.63) is 95.1 Å². The smallest absolute Gasteiger partial charge is 0.220 e. The van der Waals surface area contributed by atoms with Gasteiger partial charge in [0.05, 0.1) is 11.7 Å². The molecule has 1 N–H and O–H groups in total. The van der Waals surface area contributed by atoms with E-state index in [1.54, 1.807) is 60.7 Å². The molecule has 2 aromatic carbocycles. The van der Waals surface area contributed by atoms with E-state index in [2.05, 4.69) is 4.98 Å². The molecule has 1 aliphatic heterocycles. The number of carbonyl (C=O) groups excluding carboxylic acids is 1. The van der Waals surface area contributed by atoms with E-state index in [1.807, 2.05) is 0 Å². The van der Waals surface area contributed by atoms with Crippen molar-refractivity contribution in [2.24, 2.45) is 0 Å². The van der Waals surface area contributed by atoms with E-state index in [0.717, 1.165) is 6.29 Å². The molecule has 0 saturated heterocycles. The van der Waals surface area contributed by atoms with Gasteiger partial charge in [-0.2, -0.15) is 4.39 Å². The second-order valence-corrected chi connectivity index (χ2v) is 7.43. The normalized spacial score (nSPS) is 16.7. The van der Waals surface area contributed by atoms with Gasteiger partial charge in [-0.15, -0.1) is 0 Å². The maximum Gasteiger partial charge on any atom is 0.220 e. The summed E-state index contributed by atoms with van der Waals surface area (Å²) in [7, 11) is 0. The third kappa shape index (κ3) is 3.74.